The molecule has 1 saturated heterocycles. The largest absolute Gasteiger partial charge is 0.349 e. The highest BCUT2D eigenvalue weighted by Crippen LogP contribution is 2.40. The normalized spacial score (nSPS) is 26.9. The van der Waals surface area contributed by atoms with E-state index in [9.17, 15) is 4.39 Å². The van der Waals surface area contributed by atoms with Crippen molar-refractivity contribution in [2.45, 2.75) is 25.3 Å². The van der Waals surface area contributed by atoms with Gasteiger partial charge in [0.15, 0.2) is 0 Å². The van der Waals surface area contributed by atoms with E-state index >= 15 is 0 Å². The average Bonchev–Trinajstić information content (AvgIpc) is 2.77. The molecule has 3 atom stereocenters. The highest BCUT2D eigenvalue weighted by atomic mass is 19.1. The molecule has 1 heterocycles. The van der Waals surface area contributed by atoms with Gasteiger partial charge in [-0.05, 0) is 37.2 Å². The van der Waals surface area contributed by atoms with Crippen molar-refractivity contribution in [2.75, 3.05) is 7.05 Å². The number of hydrogen-bond acceptors (Lipinski definition) is 2. The first-order chi connectivity index (χ1) is 9.66. The van der Waals surface area contributed by atoms with E-state index in [0.717, 1.165) is 5.56 Å². The van der Waals surface area contributed by atoms with E-state index in [1.54, 1.807) is 12.1 Å². The number of ether oxygens (including phenoxy) is 1. The van der Waals surface area contributed by atoms with Crippen molar-refractivity contribution in [3.63, 3.8) is 0 Å². The van der Waals surface area contributed by atoms with Crippen molar-refractivity contribution in [1.82, 2.24) is 4.90 Å². The van der Waals surface area contributed by atoms with E-state index in [0.29, 0.717) is 0 Å². The van der Waals surface area contributed by atoms with E-state index in [2.05, 4.69) is 24.0 Å². The Kier molecular flexibility index (Phi) is 3.55. The molecule has 1 aliphatic heterocycles. The van der Waals surface area contributed by atoms with Crippen molar-refractivity contribution in [3.05, 3.63) is 71.5 Å². The molecule has 0 amide bonds. The van der Waals surface area contributed by atoms with Crippen LogP contribution in [0.5, 0.6) is 0 Å². The van der Waals surface area contributed by atoms with E-state index in [4.69, 9.17) is 4.74 Å². The number of benzene rings is 2. The van der Waals surface area contributed by atoms with Crippen LogP contribution >= 0.6 is 0 Å². The first-order valence-electron chi connectivity index (χ1n) is 6.84. The van der Waals surface area contributed by atoms with Crippen LogP contribution in [0.15, 0.2) is 54.6 Å². The average molecular weight is 271 g/mol. The van der Waals surface area contributed by atoms with E-state index in [1.807, 2.05) is 25.2 Å². The molecule has 0 unspecified atom stereocenters. The summed E-state index contributed by atoms with van der Waals surface area (Å²) in [6, 6.07) is 17.0. The van der Waals surface area contributed by atoms with Crippen LogP contribution in [0.2, 0.25) is 0 Å². The van der Waals surface area contributed by atoms with Crippen molar-refractivity contribution in [1.29, 1.82) is 0 Å². The van der Waals surface area contributed by atoms with Gasteiger partial charge in [0.1, 0.15) is 18.1 Å². The van der Waals surface area contributed by atoms with Gasteiger partial charge in [-0.15, -0.1) is 0 Å². The summed E-state index contributed by atoms with van der Waals surface area (Å²) in [5.41, 5.74) is 2.16. The fraction of sp³-hybridized carbons (Fsp3) is 0.294. The minimum absolute atomic E-state index is 0.0382. The summed E-state index contributed by atoms with van der Waals surface area (Å²) in [5.74, 6) is -0.220. The van der Waals surface area contributed by atoms with Gasteiger partial charge in [-0.25, -0.2) is 4.39 Å². The second kappa shape index (κ2) is 5.35. The number of nitrogens with zero attached hydrogens (tertiary/aromatic N) is 1. The maximum atomic E-state index is 13.0. The van der Waals surface area contributed by atoms with Crippen LogP contribution in [0.1, 0.15) is 30.4 Å². The molecule has 1 fully saturated rings. The Bertz CT molecular complexity index is 569. The zero-order valence-electron chi connectivity index (χ0n) is 11.7. The van der Waals surface area contributed by atoms with Gasteiger partial charge < -0.3 is 4.74 Å². The molecule has 2 aromatic rings. The quantitative estimate of drug-likeness (QED) is 0.821. The molecular formula is C17H18FNO. The van der Waals surface area contributed by atoms with Crippen LogP contribution in [-0.2, 0) is 4.74 Å². The fourth-order valence-corrected chi connectivity index (χ4v) is 2.72. The van der Waals surface area contributed by atoms with Crippen LogP contribution in [0, 0.1) is 5.82 Å². The van der Waals surface area contributed by atoms with E-state index in [1.165, 1.54) is 17.7 Å². The lowest BCUT2D eigenvalue weighted by molar-refractivity contribution is 0.00556. The lowest BCUT2D eigenvalue weighted by Crippen LogP contribution is -2.27. The Hall–Kier alpha value is -1.71. The highest BCUT2D eigenvalue weighted by molar-refractivity contribution is 5.24. The number of likely N-dealkylation sites (N-methyl/N-ethyl adjacent to an activating group) is 1. The first kappa shape index (κ1) is 13.3. The van der Waals surface area contributed by atoms with E-state index in [-0.39, 0.29) is 24.2 Å². The Morgan fingerprint density at radius 1 is 0.950 bits per heavy atom. The van der Waals surface area contributed by atoms with Crippen molar-refractivity contribution in [3.8, 4) is 0 Å². The summed E-state index contributed by atoms with van der Waals surface area (Å²) in [5, 5.41) is 0. The zero-order valence-corrected chi connectivity index (χ0v) is 11.7. The molecule has 2 aromatic carbocycles. The van der Waals surface area contributed by atoms with E-state index < -0.39 is 0 Å². The van der Waals surface area contributed by atoms with Gasteiger partial charge in [-0.2, -0.15) is 0 Å². The third kappa shape index (κ3) is 2.35. The third-order valence-corrected chi connectivity index (χ3v) is 4.01. The summed E-state index contributed by atoms with van der Waals surface area (Å²) in [6.07, 6.45) is -0.0907. The Morgan fingerprint density at radius 2 is 1.60 bits per heavy atom. The van der Waals surface area contributed by atoms with Crippen LogP contribution < -0.4 is 0 Å². The Morgan fingerprint density at radius 3 is 2.25 bits per heavy atom. The molecule has 20 heavy (non-hydrogen) atoms. The molecule has 0 spiro atoms. The smallest absolute Gasteiger partial charge is 0.137 e. The van der Waals surface area contributed by atoms with Gasteiger partial charge >= 0.3 is 0 Å². The second-order valence-corrected chi connectivity index (χ2v) is 5.28. The van der Waals surface area contributed by atoms with Gasteiger partial charge in [-0.1, -0.05) is 42.5 Å². The second-order valence-electron chi connectivity index (χ2n) is 5.28. The first-order valence-corrected chi connectivity index (χ1v) is 6.84. The molecule has 0 saturated carbocycles. The van der Waals surface area contributed by atoms with Gasteiger partial charge in [0.2, 0.25) is 0 Å². The molecular weight excluding hydrogens is 253 g/mol. The minimum atomic E-state index is -0.220. The standard InChI is InChI=1S/C17H18FNO/c1-12-16(13-6-4-3-5-7-13)20-17(19(12)2)14-8-10-15(18)11-9-14/h3-12,16-17H,1-2H3/t12-,16+,17+/m0/s1. The summed E-state index contributed by atoms with van der Waals surface area (Å²) in [4.78, 5) is 2.19. The number of rotatable bonds is 2. The van der Waals surface area contributed by atoms with Crippen LogP contribution in [-0.4, -0.2) is 18.0 Å². The SMILES string of the molecule is C[C@H]1[C@H](c2ccccc2)O[C@H](c2ccc(F)cc2)N1C. The van der Waals surface area contributed by atoms with Crippen LogP contribution in [0.4, 0.5) is 4.39 Å². The number of halogens is 1. The number of hydrogen-bond donors (Lipinski definition) is 0. The third-order valence-electron chi connectivity index (χ3n) is 4.01. The summed E-state index contributed by atoms with van der Waals surface area (Å²) in [6.45, 7) is 2.15. The minimum Gasteiger partial charge on any atom is -0.349 e. The lowest BCUT2D eigenvalue weighted by atomic mass is 10.0. The molecule has 0 aromatic heterocycles. The maximum Gasteiger partial charge on any atom is 0.137 e. The summed E-state index contributed by atoms with van der Waals surface area (Å²) >= 11 is 0. The molecule has 3 rings (SSSR count). The predicted octanol–water partition coefficient (Wildman–Crippen LogP) is 3.92. The lowest BCUT2D eigenvalue weighted by Gasteiger charge is -2.21. The van der Waals surface area contributed by atoms with Gasteiger partial charge in [-0.3, -0.25) is 4.90 Å². The molecule has 0 aliphatic carbocycles. The van der Waals surface area contributed by atoms with Gasteiger partial charge in [0.25, 0.3) is 0 Å². The molecule has 3 heteroatoms. The van der Waals surface area contributed by atoms with Crippen LogP contribution in [0.25, 0.3) is 0 Å². The van der Waals surface area contributed by atoms with Crippen molar-refractivity contribution >= 4 is 0 Å². The van der Waals surface area contributed by atoms with Crippen LogP contribution in [0.3, 0.4) is 0 Å². The summed E-state index contributed by atoms with van der Waals surface area (Å²) in [7, 11) is 2.04. The molecule has 2 nitrogen and oxygen atoms in total. The molecule has 0 radical (unpaired) electrons. The molecule has 0 N–H and O–H groups in total. The maximum absolute atomic E-state index is 13.0. The molecule has 0 bridgehead atoms. The fourth-order valence-electron chi connectivity index (χ4n) is 2.72. The molecule has 1 aliphatic rings. The molecule has 104 valence electrons. The van der Waals surface area contributed by atoms with Crippen molar-refractivity contribution < 1.29 is 9.13 Å². The van der Waals surface area contributed by atoms with Crippen molar-refractivity contribution in [2.24, 2.45) is 0 Å². The predicted molar refractivity (Wildman–Crippen MR) is 76.6 cm³/mol. The van der Waals surface area contributed by atoms with Gasteiger partial charge in [0, 0.05) is 6.04 Å². The topological polar surface area (TPSA) is 12.5 Å². The monoisotopic (exact) mass is 271 g/mol. The Balaban J connectivity index is 1.87. The highest BCUT2D eigenvalue weighted by Gasteiger charge is 2.38. The zero-order chi connectivity index (χ0) is 14.1. The Labute approximate surface area is 118 Å². The summed E-state index contributed by atoms with van der Waals surface area (Å²) < 4.78 is 19.2. The van der Waals surface area contributed by atoms with Gasteiger partial charge in [0.05, 0.1) is 0 Å².